The summed E-state index contributed by atoms with van der Waals surface area (Å²) in [5, 5.41) is 14.5. The summed E-state index contributed by atoms with van der Waals surface area (Å²) in [5.74, 6) is -1.41. The normalized spacial score (nSPS) is 14.2. The van der Waals surface area contributed by atoms with E-state index in [2.05, 4.69) is 34.9 Å². The van der Waals surface area contributed by atoms with Gasteiger partial charge < -0.3 is 20.5 Å². The molecular weight excluding hydrogens is 420 g/mol. The number of ether oxygens (including phenoxy) is 1. The maximum absolute atomic E-state index is 12.3. The van der Waals surface area contributed by atoms with Crippen molar-refractivity contribution in [2.45, 2.75) is 45.6 Å². The van der Waals surface area contributed by atoms with Crippen molar-refractivity contribution in [3.05, 3.63) is 59.7 Å². The second kappa shape index (κ2) is 11.0. The van der Waals surface area contributed by atoms with Crippen LogP contribution in [0.4, 0.5) is 4.79 Å². The third-order valence-corrected chi connectivity index (χ3v) is 5.81. The summed E-state index contributed by atoms with van der Waals surface area (Å²) in [6, 6.07) is 15.4. The number of hydrogen-bond donors (Lipinski definition) is 3. The highest BCUT2D eigenvalue weighted by Crippen LogP contribution is 2.44. The number of nitrogens with one attached hydrogen (secondary N) is 2. The molecule has 1 aliphatic rings. The molecule has 0 aromatic heterocycles. The van der Waals surface area contributed by atoms with Crippen molar-refractivity contribution in [1.29, 1.82) is 0 Å². The molecule has 7 nitrogen and oxygen atoms in total. The Morgan fingerprint density at radius 1 is 0.970 bits per heavy atom. The molecule has 0 radical (unpaired) electrons. The first-order valence-electron chi connectivity index (χ1n) is 11.4. The second-order valence-corrected chi connectivity index (χ2v) is 9.10. The van der Waals surface area contributed by atoms with Crippen molar-refractivity contribution in [2.75, 3.05) is 13.2 Å². The molecule has 0 heterocycles. The molecule has 2 aromatic carbocycles. The van der Waals surface area contributed by atoms with E-state index in [0.717, 1.165) is 11.1 Å². The van der Waals surface area contributed by atoms with Gasteiger partial charge in [-0.15, -0.1) is 0 Å². The van der Waals surface area contributed by atoms with Gasteiger partial charge >= 0.3 is 12.1 Å². The van der Waals surface area contributed by atoms with E-state index < -0.39 is 18.1 Å². The fraction of sp³-hybridized carbons (Fsp3) is 0.423. The van der Waals surface area contributed by atoms with Gasteiger partial charge in [0, 0.05) is 18.9 Å². The zero-order valence-electron chi connectivity index (χ0n) is 19.3. The smallest absolute Gasteiger partial charge is 0.407 e. The maximum atomic E-state index is 12.3. The van der Waals surface area contributed by atoms with Gasteiger partial charge in [0.2, 0.25) is 5.91 Å². The number of amides is 2. The van der Waals surface area contributed by atoms with E-state index >= 15 is 0 Å². The van der Waals surface area contributed by atoms with Crippen LogP contribution in [0.3, 0.4) is 0 Å². The van der Waals surface area contributed by atoms with Crippen molar-refractivity contribution < 1.29 is 24.2 Å². The van der Waals surface area contributed by atoms with Crippen LogP contribution < -0.4 is 10.6 Å². The van der Waals surface area contributed by atoms with E-state index in [9.17, 15) is 19.5 Å². The van der Waals surface area contributed by atoms with Crippen LogP contribution in [0.5, 0.6) is 0 Å². The molecule has 2 atom stereocenters. The van der Waals surface area contributed by atoms with Gasteiger partial charge in [-0.3, -0.25) is 4.79 Å². The molecule has 2 amide bonds. The van der Waals surface area contributed by atoms with E-state index in [1.54, 1.807) is 0 Å². The summed E-state index contributed by atoms with van der Waals surface area (Å²) in [6.45, 7) is 6.11. The van der Waals surface area contributed by atoms with Crippen molar-refractivity contribution in [3.63, 3.8) is 0 Å². The molecule has 2 aromatic rings. The number of alkyl carbamates (subject to hydrolysis) is 1. The van der Waals surface area contributed by atoms with E-state index in [0.29, 0.717) is 6.42 Å². The molecule has 0 saturated heterocycles. The number of carbonyl (C=O) groups excluding carboxylic acids is 2. The van der Waals surface area contributed by atoms with Crippen LogP contribution in [-0.2, 0) is 14.3 Å². The molecule has 176 valence electrons. The van der Waals surface area contributed by atoms with Gasteiger partial charge in [0.25, 0.3) is 0 Å². The number of carboxylic acids is 1. The van der Waals surface area contributed by atoms with E-state index in [1.165, 1.54) is 11.1 Å². The highest BCUT2D eigenvalue weighted by atomic mass is 16.5. The molecule has 3 N–H and O–H groups in total. The first-order chi connectivity index (χ1) is 15.8. The lowest BCUT2D eigenvalue weighted by molar-refractivity contribution is -0.142. The summed E-state index contributed by atoms with van der Waals surface area (Å²) in [4.78, 5) is 35.8. The number of carbonyl (C=O) groups is 3. The lowest BCUT2D eigenvalue weighted by atomic mass is 9.98. The van der Waals surface area contributed by atoms with Gasteiger partial charge in [0.15, 0.2) is 0 Å². The number of carboxylic acid groups (broad SMARTS) is 1. The van der Waals surface area contributed by atoms with Crippen LogP contribution in [0.25, 0.3) is 11.1 Å². The summed E-state index contributed by atoms with van der Waals surface area (Å²) in [7, 11) is 0. The third kappa shape index (κ3) is 6.34. The van der Waals surface area contributed by atoms with Crippen LogP contribution in [0.15, 0.2) is 48.5 Å². The molecule has 0 fully saturated rings. The van der Waals surface area contributed by atoms with E-state index in [1.807, 2.05) is 45.0 Å². The molecule has 33 heavy (non-hydrogen) atoms. The minimum absolute atomic E-state index is 0.0136. The van der Waals surface area contributed by atoms with Crippen LogP contribution in [0.1, 0.15) is 50.7 Å². The van der Waals surface area contributed by atoms with Crippen molar-refractivity contribution in [3.8, 4) is 11.1 Å². The topological polar surface area (TPSA) is 105 Å². The van der Waals surface area contributed by atoms with Crippen molar-refractivity contribution >= 4 is 18.0 Å². The summed E-state index contributed by atoms with van der Waals surface area (Å²) in [6.07, 6.45) is -0.0498. The third-order valence-electron chi connectivity index (χ3n) is 5.81. The van der Waals surface area contributed by atoms with Crippen molar-refractivity contribution in [1.82, 2.24) is 10.6 Å². The van der Waals surface area contributed by atoms with Gasteiger partial charge in [-0.1, -0.05) is 69.3 Å². The average molecular weight is 453 g/mol. The SMILES string of the molecule is CC(C)C[C@H](NC(=O)CC(C)CNC(=O)OCC1c2ccccc2-c2ccccc21)C(=O)O. The minimum atomic E-state index is -1.04. The zero-order chi connectivity index (χ0) is 24.0. The van der Waals surface area contributed by atoms with Crippen LogP contribution in [0, 0.1) is 11.8 Å². The molecular formula is C26H32N2O5. The summed E-state index contributed by atoms with van der Waals surface area (Å²) < 4.78 is 5.51. The zero-order valence-corrected chi connectivity index (χ0v) is 19.3. The molecule has 1 unspecified atom stereocenters. The minimum Gasteiger partial charge on any atom is -0.480 e. The highest BCUT2D eigenvalue weighted by molar-refractivity contribution is 5.83. The molecule has 3 rings (SSSR count). The second-order valence-electron chi connectivity index (χ2n) is 9.10. The fourth-order valence-corrected chi connectivity index (χ4v) is 4.24. The van der Waals surface area contributed by atoms with Crippen LogP contribution >= 0.6 is 0 Å². The van der Waals surface area contributed by atoms with Gasteiger partial charge in [0.05, 0.1) is 0 Å². The fourth-order valence-electron chi connectivity index (χ4n) is 4.24. The molecule has 0 spiro atoms. The molecule has 7 heteroatoms. The monoisotopic (exact) mass is 452 g/mol. The lowest BCUT2D eigenvalue weighted by Crippen LogP contribution is -2.42. The Labute approximate surface area is 194 Å². The predicted octanol–water partition coefficient (Wildman–Crippen LogP) is 4.17. The standard InChI is InChI=1S/C26H32N2O5/c1-16(2)12-23(25(30)31)28-24(29)13-17(3)14-27-26(32)33-15-22-20-10-6-4-8-18(20)19-9-5-7-11-21(19)22/h4-11,16-17,22-23H,12-15H2,1-3H3,(H,27,32)(H,28,29)(H,30,31)/t17?,23-/m0/s1. The van der Waals surface area contributed by atoms with Gasteiger partial charge in [0.1, 0.15) is 12.6 Å². The Morgan fingerprint density at radius 3 is 2.09 bits per heavy atom. The van der Waals surface area contributed by atoms with E-state index in [-0.39, 0.29) is 43.2 Å². The largest absolute Gasteiger partial charge is 0.480 e. The molecule has 0 saturated carbocycles. The van der Waals surface area contributed by atoms with E-state index in [4.69, 9.17) is 4.74 Å². The maximum Gasteiger partial charge on any atom is 0.407 e. The first-order valence-corrected chi connectivity index (χ1v) is 11.4. The Hall–Kier alpha value is -3.35. The first kappa shape index (κ1) is 24.3. The predicted molar refractivity (Wildman–Crippen MR) is 126 cm³/mol. The van der Waals surface area contributed by atoms with Crippen LogP contribution in [0.2, 0.25) is 0 Å². The molecule has 1 aliphatic carbocycles. The Morgan fingerprint density at radius 2 is 1.55 bits per heavy atom. The van der Waals surface area contributed by atoms with Gasteiger partial charge in [-0.05, 0) is 40.5 Å². The number of benzene rings is 2. The van der Waals surface area contributed by atoms with Gasteiger partial charge in [-0.25, -0.2) is 9.59 Å². The Bertz CT molecular complexity index is 958. The average Bonchev–Trinajstić information content (AvgIpc) is 3.09. The highest BCUT2D eigenvalue weighted by Gasteiger charge is 2.29. The number of aliphatic carboxylic acids is 1. The number of fused-ring (bicyclic) bond motifs is 3. The quantitative estimate of drug-likeness (QED) is 0.502. The Kier molecular flexibility index (Phi) is 8.09. The van der Waals surface area contributed by atoms with Gasteiger partial charge in [-0.2, -0.15) is 0 Å². The Balaban J connectivity index is 1.46. The number of rotatable bonds is 10. The van der Waals surface area contributed by atoms with Crippen LogP contribution in [-0.4, -0.2) is 42.3 Å². The lowest BCUT2D eigenvalue weighted by Gasteiger charge is -2.18. The summed E-state index contributed by atoms with van der Waals surface area (Å²) >= 11 is 0. The summed E-state index contributed by atoms with van der Waals surface area (Å²) in [5.41, 5.74) is 4.62. The van der Waals surface area contributed by atoms with Crippen molar-refractivity contribution in [2.24, 2.45) is 11.8 Å². The number of hydrogen-bond acceptors (Lipinski definition) is 4. The molecule has 0 bridgehead atoms. The molecule has 0 aliphatic heterocycles.